The number of hydrogen-bond acceptors (Lipinski definition) is 2. The average molecular weight is 314 g/mol. The predicted octanol–water partition coefficient (Wildman–Crippen LogP) is 3.05. The third kappa shape index (κ3) is 4.22. The first-order valence-electron chi connectivity index (χ1n) is 7.48. The lowest BCUT2D eigenvalue weighted by Crippen LogP contribution is -2.42. The summed E-state index contributed by atoms with van der Waals surface area (Å²) in [6.45, 7) is 2.00. The van der Waals surface area contributed by atoms with Crippen LogP contribution in [0.25, 0.3) is 0 Å². The van der Waals surface area contributed by atoms with E-state index in [-0.39, 0.29) is 23.9 Å². The smallest absolute Gasteiger partial charge is 0.352 e. The number of halogens is 3. The number of carbonyl (C=O) groups is 1. The van der Waals surface area contributed by atoms with Crippen LogP contribution in [-0.2, 0) is 11.0 Å². The van der Waals surface area contributed by atoms with Gasteiger partial charge in [0.25, 0.3) is 0 Å². The second-order valence-electron chi connectivity index (χ2n) is 5.94. The van der Waals surface area contributed by atoms with Gasteiger partial charge in [0.15, 0.2) is 0 Å². The lowest BCUT2D eigenvalue weighted by molar-refractivity contribution is -0.138. The molecule has 122 valence electrons. The third-order valence-corrected chi connectivity index (χ3v) is 4.08. The zero-order valence-corrected chi connectivity index (χ0v) is 12.5. The molecule has 2 unspecified atom stereocenters. The van der Waals surface area contributed by atoms with Crippen LogP contribution in [0.2, 0.25) is 0 Å². The van der Waals surface area contributed by atoms with E-state index in [4.69, 9.17) is 5.73 Å². The third-order valence-electron chi connectivity index (χ3n) is 4.08. The summed E-state index contributed by atoms with van der Waals surface area (Å²) in [5, 5.41) is 2.84. The molecule has 3 N–H and O–H groups in total. The Morgan fingerprint density at radius 2 is 2.00 bits per heavy atom. The second kappa shape index (κ2) is 6.69. The number of benzene rings is 1. The molecule has 1 saturated carbocycles. The fraction of sp³-hybridized carbons (Fsp3) is 0.562. The van der Waals surface area contributed by atoms with Crippen LogP contribution in [-0.4, -0.2) is 18.5 Å². The van der Waals surface area contributed by atoms with Gasteiger partial charge in [-0.05, 0) is 36.3 Å². The topological polar surface area (TPSA) is 55.1 Å². The van der Waals surface area contributed by atoms with Crippen LogP contribution in [0.15, 0.2) is 24.3 Å². The zero-order chi connectivity index (χ0) is 16.3. The molecule has 1 fully saturated rings. The van der Waals surface area contributed by atoms with Crippen LogP contribution in [0.1, 0.15) is 43.2 Å². The van der Waals surface area contributed by atoms with Crippen molar-refractivity contribution in [1.29, 1.82) is 0 Å². The molecule has 1 aliphatic rings. The number of amides is 1. The number of nitrogens with one attached hydrogen (secondary N) is 1. The summed E-state index contributed by atoms with van der Waals surface area (Å²) in [5.41, 5.74) is 5.10. The van der Waals surface area contributed by atoms with E-state index in [1.165, 1.54) is 12.1 Å². The highest BCUT2D eigenvalue weighted by molar-refractivity contribution is 5.77. The Morgan fingerprint density at radius 1 is 1.36 bits per heavy atom. The molecule has 22 heavy (non-hydrogen) atoms. The molecule has 0 aliphatic heterocycles. The Kier molecular flexibility index (Phi) is 5.11. The number of hydrogen-bond donors (Lipinski definition) is 2. The van der Waals surface area contributed by atoms with Gasteiger partial charge in [0.1, 0.15) is 0 Å². The van der Waals surface area contributed by atoms with Crippen LogP contribution in [0.4, 0.5) is 13.2 Å². The Hall–Kier alpha value is -1.56. The maximum atomic E-state index is 13.0. The largest absolute Gasteiger partial charge is 0.416 e. The summed E-state index contributed by atoms with van der Waals surface area (Å²) in [6.07, 6.45) is -2.28. The SMILES string of the molecule is CC(CC(=O)NC(CN)C1CC1)c1ccccc1C(F)(F)F. The van der Waals surface area contributed by atoms with Gasteiger partial charge in [0.2, 0.25) is 5.91 Å². The van der Waals surface area contributed by atoms with E-state index < -0.39 is 17.7 Å². The first-order chi connectivity index (χ1) is 10.3. The molecule has 2 rings (SSSR count). The molecular weight excluding hydrogens is 293 g/mol. The minimum absolute atomic E-state index is 0.0241. The van der Waals surface area contributed by atoms with E-state index in [1.54, 1.807) is 13.0 Å². The molecule has 0 radical (unpaired) electrons. The number of rotatable bonds is 6. The predicted molar refractivity (Wildman–Crippen MR) is 78.2 cm³/mol. The van der Waals surface area contributed by atoms with Gasteiger partial charge < -0.3 is 11.1 Å². The molecule has 0 heterocycles. The lowest BCUT2D eigenvalue weighted by Gasteiger charge is -2.20. The van der Waals surface area contributed by atoms with Gasteiger partial charge in [-0.15, -0.1) is 0 Å². The van der Waals surface area contributed by atoms with Crippen molar-refractivity contribution in [1.82, 2.24) is 5.32 Å². The fourth-order valence-electron chi connectivity index (χ4n) is 2.71. The van der Waals surface area contributed by atoms with Gasteiger partial charge in [-0.25, -0.2) is 0 Å². The van der Waals surface area contributed by atoms with Crippen molar-refractivity contribution in [3.63, 3.8) is 0 Å². The van der Waals surface area contributed by atoms with Crippen LogP contribution >= 0.6 is 0 Å². The van der Waals surface area contributed by atoms with Crippen LogP contribution in [0, 0.1) is 5.92 Å². The van der Waals surface area contributed by atoms with Crippen molar-refractivity contribution in [2.24, 2.45) is 11.7 Å². The first kappa shape index (κ1) is 16.8. The van der Waals surface area contributed by atoms with Crippen molar-refractivity contribution in [2.75, 3.05) is 6.54 Å². The lowest BCUT2D eigenvalue weighted by atomic mass is 9.92. The van der Waals surface area contributed by atoms with Gasteiger partial charge in [-0.1, -0.05) is 25.1 Å². The molecule has 0 spiro atoms. The Balaban J connectivity index is 2.02. The van der Waals surface area contributed by atoms with E-state index in [0.29, 0.717) is 12.5 Å². The maximum Gasteiger partial charge on any atom is 0.416 e. The second-order valence-corrected chi connectivity index (χ2v) is 5.94. The van der Waals surface area contributed by atoms with Crippen LogP contribution in [0.3, 0.4) is 0 Å². The highest BCUT2D eigenvalue weighted by atomic mass is 19.4. The molecule has 0 aromatic heterocycles. The molecule has 0 bridgehead atoms. The van der Waals surface area contributed by atoms with E-state index in [9.17, 15) is 18.0 Å². The molecule has 3 nitrogen and oxygen atoms in total. The van der Waals surface area contributed by atoms with Crippen LogP contribution in [0.5, 0.6) is 0 Å². The fourth-order valence-corrected chi connectivity index (χ4v) is 2.71. The zero-order valence-electron chi connectivity index (χ0n) is 12.5. The minimum Gasteiger partial charge on any atom is -0.352 e. The highest BCUT2D eigenvalue weighted by Gasteiger charge is 2.35. The van der Waals surface area contributed by atoms with Gasteiger partial charge in [0, 0.05) is 19.0 Å². The van der Waals surface area contributed by atoms with E-state index in [1.807, 2.05) is 0 Å². The van der Waals surface area contributed by atoms with E-state index in [2.05, 4.69) is 5.32 Å². The van der Waals surface area contributed by atoms with Gasteiger partial charge >= 0.3 is 6.18 Å². The maximum absolute atomic E-state index is 13.0. The van der Waals surface area contributed by atoms with Gasteiger partial charge in [0.05, 0.1) is 5.56 Å². The number of alkyl halides is 3. The molecule has 1 aliphatic carbocycles. The molecular formula is C16H21F3N2O. The Morgan fingerprint density at radius 3 is 2.55 bits per heavy atom. The van der Waals surface area contributed by atoms with Crippen molar-refractivity contribution in [3.8, 4) is 0 Å². The van der Waals surface area contributed by atoms with Crippen molar-refractivity contribution in [3.05, 3.63) is 35.4 Å². The van der Waals surface area contributed by atoms with Crippen LogP contribution < -0.4 is 11.1 Å². The highest BCUT2D eigenvalue weighted by Crippen LogP contribution is 2.36. The molecule has 6 heteroatoms. The monoisotopic (exact) mass is 314 g/mol. The van der Waals surface area contributed by atoms with Crippen molar-refractivity contribution < 1.29 is 18.0 Å². The summed E-state index contributed by atoms with van der Waals surface area (Å²) in [7, 11) is 0. The number of carbonyl (C=O) groups excluding carboxylic acids is 1. The van der Waals surface area contributed by atoms with E-state index in [0.717, 1.165) is 18.9 Å². The van der Waals surface area contributed by atoms with Crippen molar-refractivity contribution >= 4 is 5.91 Å². The average Bonchev–Trinajstić information content (AvgIpc) is 3.28. The van der Waals surface area contributed by atoms with E-state index >= 15 is 0 Å². The molecule has 1 amide bonds. The summed E-state index contributed by atoms with van der Waals surface area (Å²) in [5.74, 6) is -0.325. The van der Waals surface area contributed by atoms with Crippen molar-refractivity contribution in [2.45, 2.75) is 44.3 Å². The first-order valence-corrected chi connectivity index (χ1v) is 7.48. The molecule has 1 aromatic carbocycles. The summed E-state index contributed by atoms with van der Waals surface area (Å²) in [6, 6.07) is 5.35. The summed E-state index contributed by atoms with van der Waals surface area (Å²) < 4.78 is 39.0. The van der Waals surface area contributed by atoms with Gasteiger partial charge in [-0.2, -0.15) is 13.2 Å². The Labute approximate surface area is 128 Å². The molecule has 1 aromatic rings. The number of nitrogens with two attached hydrogens (primary N) is 1. The summed E-state index contributed by atoms with van der Waals surface area (Å²) >= 11 is 0. The minimum atomic E-state index is -4.41. The summed E-state index contributed by atoms with van der Waals surface area (Å²) in [4.78, 5) is 12.0. The quantitative estimate of drug-likeness (QED) is 0.848. The van der Waals surface area contributed by atoms with Gasteiger partial charge in [-0.3, -0.25) is 4.79 Å². The molecule has 0 saturated heterocycles. The Bertz CT molecular complexity index is 526. The standard InChI is InChI=1S/C16H21F3N2O/c1-10(8-15(22)21-14(9-20)11-6-7-11)12-4-2-3-5-13(12)16(17,18)19/h2-5,10-11,14H,6-9,20H2,1H3,(H,21,22). The normalized spacial score (nSPS) is 17.9. The molecule has 2 atom stereocenters.